The van der Waals surface area contributed by atoms with Crippen molar-refractivity contribution in [3.05, 3.63) is 11.8 Å². The normalized spacial score (nSPS) is 18.8. The Kier molecular flexibility index (Phi) is 5.37. The molecule has 1 fully saturated rings. The fourth-order valence-corrected chi connectivity index (χ4v) is 1.32. The van der Waals surface area contributed by atoms with Crippen LogP contribution in [0.15, 0.2) is 21.8 Å². The summed E-state index contributed by atoms with van der Waals surface area (Å²) in [4.78, 5) is 8.38. The molecule has 92 valence electrons. The maximum atomic E-state index is 8.96. The van der Waals surface area contributed by atoms with Crippen LogP contribution in [0, 0.1) is 11.3 Å². The molecule has 0 radical (unpaired) electrons. The lowest BCUT2D eigenvalue weighted by molar-refractivity contribution is 0.0133. The minimum Gasteiger partial charge on any atom is -0.383 e. The highest BCUT2D eigenvalue weighted by molar-refractivity contribution is 6.00. The summed E-state index contributed by atoms with van der Waals surface area (Å²) < 4.78 is 4.99. The molecule has 1 rings (SSSR count). The minimum absolute atomic E-state index is 0.0902. The first-order valence-electron chi connectivity index (χ1n) is 5.72. The first kappa shape index (κ1) is 13.4. The van der Waals surface area contributed by atoms with Gasteiger partial charge in [-0.3, -0.25) is 9.98 Å². The van der Waals surface area contributed by atoms with E-state index >= 15 is 0 Å². The molecule has 0 spiro atoms. The molecule has 0 unspecified atom stereocenters. The zero-order valence-electron chi connectivity index (χ0n) is 10.3. The number of aliphatic imine (C=N–C) groups is 2. The van der Waals surface area contributed by atoms with Gasteiger partial charge >= 0.3 is 0 Å². The Morgan fingerprint density at radius 1 is 1.59 bits per heavy atom. The molecule has 0 aromatic rings. The molecule has 17 heavy (non-hydrogen) atoms. The average molecular weight is 234 g/mol. The highest BCUT2D eigenvalue weighted by Gasteiger charge is 2.18. The highest BCUT2D eigenvalue weighted by atomic mass is 16.5. The second kappa shape index (κ2) is 6.81. The topological polar surface area (TPSA) is 83.8 Å². The zero-order valence-corrected chi connectivity index (χ0v) is 10.3. The van der Waals surface area contributed by atoms with Crippen LogP contribution >= 0.6 is 0 Å². The molecule has 5 nitrogen and oxygen atoms in total. The molecule has 0 aliphatic carbocycles. The Hall–Kier alpha value is -1.67. The molecule has 1 aliphatic rings. The smallest absolute Gasteiger partial charge is 0.138 e. The van der Waals surface area contributed by atoms with Crippen molar-refractivity contribution in [2.45, 2.75) is 32.7 Å². The number of hydrogen-bond acceptors (Lipinski definition) is 4. The van der Waals surface area contributed by atoms with Crippen LogP contribution in [0.1, 0.15) is 26.7 Å². The number of rotatable bonds is 5. The van der Waals surface area contributed by atoms with Crippen LogP contribution in [0.4, 0.5) is 0 Å². The van der Waals surface area contributed by atoms with Crippen molar-refractivity contribution in [3.63, 3.8) is 0 Å². The summed E-state index contributed by atoms with van der Waals surface area (Å²) in [7, 11) is 0. The lowest BCUT2D eigenvalue weighted by Gasteiger charge is -2.22. The Labute approximate surface area is 102 Å². The summed E-state index contributed by atoms with van der Waals surface area (Å²) in [6.07, 6.45) is 3.44. The number of nitrogens with zero attached hydrogens (tertiary/aromatic N) is 3. The van der Waals surface area contributed by atoms with Crippen molar-refractivity contribution >= 4 is 11.5 Å². The van der Waals surface area contributed by atoms with Crippen molar-refractivity contribution in [1.82, 2.24) is 0 Å². The van der Waals surface area contributed by atoms with E-state index in [-0.39, 0.29) is 11.9 Å². The fraction of sp³-hybridized carbons (Fsp3) is 0.583. The van der Waals surface area contributed by atoms with Gasteiger partial charge in [-0.15, -0.1) is 0 Å². The molecule has 2 N–H and O–H groups in total. The van der Waals surface area contributed by atoms with Gasteiger partial charge in [0.1, 0.15) is 17.5 Å². The van der Waals surface area contributed by atoms with E-state index in [2.05, 4.69) is 16.9 Å². The lowest BCUT2D eigenvalue weighted by atomic mass is 10.2. The molecular weight excluding hydrogens is 216 g/mol. The van der Waals surface area contributed by atoms with E-state index in [1.807, 2.05) is 13.0 Å². The van der Waals surface area contributed by atoms with Gasteiger partial charge in [0.05, 0.1) is 19.3 Å². The molecule has 1 saturated heterocycles. The zero-order chi connectivity index (χ0) is 12.7. The van der Waals surface area contributed by atoms with Gasteiger partial charge in [-0.1, -0.05) is 13.3 Å². The number of ether oxygens (including phenoxy) is 1. The van der Waals surface area contributed by atoms with Crippen LogP contribution in [0.25, 0.3) is 0 Å². The summed E-state index contributed by atoms with van der Waals surface area (Å²) in [5.74, 6) is 0.244. The predicted molar refractivity (Wildman–Crippen MR) is 67.9 cm³/mol. The van der Waals surface area contributed by atoms with Crippen molar-refractivity contribution in [2.75, 3.05) is 13.2 Å². The van der Waals surface area contributed by atoms with Crippen LogP contribution in [0.3, 0.4) is 0 Å². The number of nitriles is 1. The Bertz CT molecular complexity index is 386. The number of hydrogen-bond donors (Lipinski definition) is 1. The van der Waals surface area contributed by atoms with E-state index < -0.39 is 0 Å². The second-order valence-corrected chi connectivity index (χ2v) is 3.97. The molecule has 0 atom stereocenters. The van der Waals surface area contributed by atoms with Crippen molar-refractivity contribution in [2.24, 2.45) is 15.7 Å². The number of nitrogens with two attached hydrogens (primary N) is 1. The van der Waals surface area contributed by atoms with Gasteiger partial charge in [0.2, 0.25) is 0 Å². The summed E-state index contributed by atoms with van der Waals surface area (Å²) in [6.45, 7) is 5.18. The van der Waals surface area contributed by atoms with E-state index in [1.165, 1.54) is 6.20 Å². The van der Waals surface area contributed by atoms with E-state index in [0.29, 0.717) is 18.8 Å². The Morgan fingerprint density at radius 2 is 2.29 bits per heavy atom. The SMILES string of the molecule is CCCC(C)=N/C=C(/C#N)C(N)=NC1COC1. The molecule has 1 heterocycles. The van der Waals surface area contributed by atoms with Crippen LogP contribution in [-0.4, -0.2) is 30.8 Å². The molecule has 0 aromatic heterocycles. The summed E-state index contributed by atoms with van der Waals surface area (Å²) in [5.41, 5.74) is 7.03. The van der Waals surface area contributed by atoms with E-state index in [4.69, 9.17) is 15.7 Å². The summed E-state index contributed by atoms with van der Waals surface area (Å²) in [5, 5.41) is 8.96. The molecular formula is C12H18N4O. The third-order valence-electron chi connectivity index (χ3n) is 2.36. The molecule has 0 saturated carbocycles. The summed E-state index contributed by atoms with van der Waals surface area (Å²) in [6, 6.07) is 2.10. The molecule has 0 bridgehead atoms. The first-order valence-corrected chi connectivity index (χ1v) is 5.72. The fourth-order valence-electron chi connectivity index (χ4n) is 1.32. The Balaban J connectivity index is 2.70. The van der Waals surface area contributed by atoms with E-state index in [1.54, 1.807) is 0 Å². The van der Waals surface area contributed by atoms with Gasteiger partial charge < -0.3 is 10.5 Å². The van der Waals surface area contributed by atoms with Gasteiger partial charge in [-0.25, -0.2) is 0 Å². The highest BCUT2D eigenvalue weighted by Crippen LogP contribution is 2.06. The van der Waals surface area contributed by atoms with Crippen molar-refractivity contribution in [3.8, 4) is 6.07 Å². The van der Waals surface area contributed by atoms with Gasteiger partial charge in [-0.05, 0) is 13.3 Å². The van der Waals surface area contributed by atoms with Crippen molar-refractivity contribution < 1.29 is 4.74 Å². The van der Waals surface area contributed by atoms with Gasteiger partial charge in [-0.2, -0.15) is 5.26 Å². The first-order chi connectivity index (χ1) is 8.17. The number of amidine groups is 1. The Morgan fingerprint density at radius 3 is 2.76 bits per heavy atom. The molecule has 5 heteroatoms. The summed E-state index contributed by atoms with van der Waals surface area (Å²) >= 11 is 0. The van der Waals surface area contributed by atoms with E-state index in [9.17, 15) is 0 Å². The maximum Gasteiger partial charge on any atom is 0.138 e. The van der Waals surface area contributed by atoms with Crippen LogP contribution in [0.2, 0.25) is 0 Å². The van der Waals surface area contributed by atoms with Gasteiger partial charge in [0.15, 0.2) is 0 Å². The van der Waals surface area contributed by atoms with Crippen LogP contribution in [0.5, 0.6) is 0 Å². The third kappa shape index (κ3) is 4.37. The van der Waals surface area contributed by atoms with Crippen molar-refractivity contribution in [1.29, 1.82) is 5.26 Å². The standard InChI is InChI=1S/C12H18N4O/c1-3-4-9(2)15-6-10(5-13)12(14)16-11-7-17-8-11/h6,11H,3-4,7-8H2,1-2H3,(H2,14,16)/b10-6-,15-9?. The molecule has 0 amide bonds. The third-order valence-corrected chi connectivity index (χ3v) is 2.36. The average Bonchev–Trinajstić information content (AvgIpc) is 2.24. The lowest BCUT2D eigenvalue weighted by Crippen LogP contribution is -2.34. The van der Waals surface area contributed by atoms with Crippen LogP contribution in [-0.2, 0) is 4.74 Å². The largest absolute Gasteiger partial charge is 0.383 e. The van der Waals surface area contributed by atoms with Gasteiger partial charge in [0, 0.05) is 11.9 Å². The predicted octanol–water partition coefficient (Wildman–Crippen LogP) is 1.41. The minimum atomic E-state index is 0.0902. The van der Waals surface area contributed by atoms with Crippen LogP contribution < -0.4 is 5.73 Å². The van der Waals surface area contributed by atoms with Gasteiger partial charge in [0.25, 0.3) is 0 Å². The second-order valence-electron chi connectivity index (χ2n) is 3.97. The van der Waals surface area contributed by atoms with E-state index in [0.717, 1.165) is 18.6 Å². The molecule has 1 aliphatic heterocycles. The monoisotopic (exact) mass is 234 g/mol. The quantitative estimate of drug-likeness (QED) is 0.443. The molecule has 0 aromatic carbocycles. The maximum absolute atomic E-state index is 8.96.